The molecule has 2 aliphatic rings. The molecule has 3 rings (SSSR count). The molecule has 2 saturated heterocycles. The highest BCUT2D eigenvalue weighted by Crippen LogP contribution is 2.17. The summed E-state index contributed by atoms with van der Waals surface area (Å²) in [7, 11) is 1.65. The largest absolute Gasteiger partial charge is 0.380 e. The molecule has 1 aromatic rings. The van der Waals surface area contributed by atoms with Gasteiger partial charge in [-0.05, 0) is 30.5 Å². The molecule has 6 nitrogen and oxygen atoms in total. The highest BCUT2D eigenvalue weighted by molar-refractivity contribution is 5.94. The van der Waals surface area contributed by atoms with E-state index in [1.807, 2.05) is 34.1 Å². The van der Waals surface area contributed by atoms with E-state index in [2.05, 4.69) is 0 Å². The molecule has 2 fully saturated rings. The molecule has 2 heterocycles. The monoisotopic (exact) mass is 332 g/mol. The Hall–Kier alpha value is -1.92. The van der Waals surface area contributed by atoms with E-state index in [0.717, 1.165) is 18.4 Å². The maximum absolute atomic E-state index is 12.6. The second-order valence-electron chi connectivity index (χ2n) is 6.25. The van der Waals surface area contributed by atoms with E-state index in [-0.39, 0.29) is 17.9 Å². The number of methoxy groups -OCH3 is 1. The SMILES string of the molecule is COCc1ccc(C(=O)N2CCN(C(=O)C3CCCO3)CC2)cc1. The van der Waals surface area contributed by atoms with Crippen molar-refractivity contribution >= 4 is 11.8 Å². The van der Waals surface area contributed by atoms with Crippen LogP contribution in [0.4, 0.5) is 0 Å². The summed E-state index contributed by atoms with van der Waals surface area (Å²) in [6.45, 7) is 3.50. The number of carbonyl (C=O) groups is 2. The van der Waals surface area contributed by atoms with Crippen molar-refractivity contribution in [3.05, 3.63) is 35.4 Å². The Morgan fingerprint density at radius 2 is 1.79 bits per heavy atom. The van der Waals surface area contributed by atoms with Crippen LogP contribution in [0, 0.1) is 0 Å². The smallest absolute Gasteiger partial charge is 0.253 e. The standard InChI is InChI=1S/C18H24N2O4/c1-23-13-14-4-6-15(7-5-14)17(21)19-8-10-20(11-9-19)18(22)16-3-2-12-24-16/h4-7,16H,2-3,8-13H2,1H3. The molecule has 6 heteroatoms. The summed E-state index contributed by atoms with van der Waals surface area (Å²) in [6.07, 6.45) is 1.49. The van der Waals surface area contributed by atoms with E-state index in [1.54, 1.807) is 7.11 Å². The summed E-state index contributed by atoms with van der Waals surface area (Å²) in [4.78, 5) is 28.5. The lowest BCUT2D eigenvalue weighted by atomic mass is 10.1. The molecule has 24 heavy (non-hydrogen) atoms. The highest BCUT2D eigenvalue weighted by atomic mass is 16.5. The Labute approximate surface area is 142 Å². The third-order valence-electron chi connectivity index (χ3n) is 4.60. The van der Waals surface area contributed by atoms with E-state index >= 15 is 0 Å². The first-order chi connectivity index (χ1) is 11.7. The maximum Gasteiger partial charge on any atom is 0.253 e. The highest BCUT2D eigenvalue weighted by Gasteiger charge is 2.31. The predicted octanol–water partition coefficient (Wildman–Crippen LogP) is 1.30. The van der Waals surface area contributed by atoms with Gasteiger partial charge in [-0.2, -0.15) is 0 Å². The van der Waals surface area contributed by atoms with Gasteiger partial charge >= 0.3 is 0 Å². The van der Waals surface area contributed by atoms with Crippen LogP contribution < -0.4 is 0 Å². The molecule has 1 unspecified atom stereocenters. The van der Waals surface area contributed by atoms with Gasteiger partial charge in [-0.15, -0.1) is 0 Å². The molecule has 0 aliphatic carbocycles. The quantitative estimate of drug-likeness (QED) is 0.834. The van der Waals surface area contributed by atoms with Gasteiger partial charge in [0.2, 0.25) is 0 Å². The van der Waals surface area contributed by atoms with Crippen molar-refractivity contribution in [1.82, 2.24) is 9.80 Å². The van der Waals surface area contributed by atoms with Crippen molar-refractivity contribution in [3.8, 4) is 0 Å². The topological polar surface area (TPSA) is 59.1 Å². The second kappa shape index (κ2) is 7.77. The first-order valence-corrected chi connectivity index (χ1v) is 8.46. The molecule has 2 aliphatic heterocycles. The average molecular weight is 332 g/mol. The lowest BCUT2D eigenvalue weighted by molar-refractivity contribution is -0.142. The van der Waals surface area contributed by atoms with Crippen LogP contribution in [0.3, 0.4) is 0 Å². The Balaban J connectivity index is 1.53. The third-order valence-corrected chi connectivity index (χ3v) is 4.60. The average Bonchev–Trinajstić information content (AvgIpc) is 3.16. The Morgan fingerprint density at radius 1 is 1.12 bits per heavy atom. The fourth-order valence-corrected chi connectivity index (χ4v) is 3.20. The number of carbonyl (C=O) groups excluding carboxylic acids is 2. The second-order valence-corrected chi connectivity index (χ2v) is 6.25. The number of hydrogen-bond donors (Lipinski definition) is 0. The van der Waals surface area contributed by atoms with Crippen LogP contribution >= 0.6 is 0 Å². The normalized spacial score (nSPS) is 21.1. The van der Waals surface area contributed by atoms with E-state index in [1.165, 1.54) is 0 Å². The summed E-state index contributed by atoms with van der Waals surface area (Å²) in [5, 5.41) is 0. The Morgan fingerprint density at radius 3 is 2.38 bits per heavy atom. The summed E-state index contributed by atoms with van der Waals surface area (Å²) < 4.78 is 10.5. The summed E-state index contributed by atoms with van der Waals surface area (Å²) in [6, 6.07) is 7.49. The van der Waals surface area contributed by atoms with Gasteiger partial charge in [-0.3, -0.25) is 9.59 Å². The summed E-state index contributed by atoms with van der Waals surface area (Å²) in [5.41, 5.74) is 1.72. The maximum atomic E-state index is 12.6. The molecule has 0 radical (unpaired) electrons. The van der Waals surface area contributed by atoms with E-state index in [9.17, 15) is 9.59 Å². The van der Waals surface area contributed by atoms with Crippen LogP contribution in [0.5, 0.6) is 0 Å². The summed E-state index contributed by atoms with van der Waals surface area (Å²) in [5.74, 6) is 0.0895. The van der Waals surface area contributed by atoms with Gasteiger partial charge in [0, 0.05) is 45.5 Å². The molecule has 0 N–H and O–H groups in total. The zero-order valence-electron chi connectivity index (χ0n) is 14.1. The van der Waals surface area contributed by atoms with Crippen molar-refractivity contribution in [1.29, 1.82) is 0 Å². The Bertz CT molecular complexity index is 573. The van der Waals surface area contributed by atoms with Gasteiger partial charge in [-0.25, -0.2) is 0 Å². The van der Waals surface area contributed by atoms with Gasteiger partial charge < -0.3 is 19.3 Å². The van der Waals surface area contributed by atoms with E-state index in [0.29, 0.717) is 45.0 Å². The van der Waals surface area contributed by atoms with Crippen LogP contribution in [0.15, 0.2) is 24.3 Å². The minimum atomic E-state index is -0.277. The number of rotatable bonds is 4. The number of nitrogens with zero attached hydrogens (tertiary/aromatic N) is 2. The van der Waals surface area contributed by atoms with Gasteiger partial charge in [0.25, 0.3) is 11.8 Å². The number of benzene rings is 1. The molecular weight excluding hydrogens is 308 g/mol. The fourth-order valence-electron chi connectivity index (χ4n) is 3.20. The van der Waals surface area contributed by atoms with Crippen molar-refractivity contribution in [2.45, 2.75) is 25.6 Å². The molecule has 2 amide bonds. The van der Waals surface area contributed by atoms with Gasteiger partial charge in [0.05, 0.1) is 6.61 Å². The number of ether oxygens (including phenoxy) is 2. The molecule has 1 atom stereocenters. The molecule has 0 aromatic heterocycles. The number of hydrogen-bond acceptors (Lipinski definition) is 4. The zero-order valence-corrected chi connectivity index (χ0v) is 14.1. The number of amides is 2. The summed E-state index contributed by atoms with van der Waals surface area (Å²) >= 11 is 0. The molecule has 0 spiro atoms. The van der Waals surface area contributed by atoms with Crippen LogP contribution in [-0.4, -0.2) is 67.6 Å². The molecule has 0 saturated carbocycles. The van der Waals surface area contributed by atoms with Crippen LogP contribution in [-0.2, 0) is 20.9 Å². The van der Waals surface area contributed by atoms with Crippen LogP contribution in [0.2, 0.25) is 0 Å². The molecule has 130 valence electrons. The van der Waals surface area contributed by atoms with Gasteiger partial charge in [-0.1, -0.05) is 12.1 Å². The lowest BCUT2D eigenvalue weighted by Gasteiger charge is -2.35. The zero-order chi connectivity index (χ0) is 16.9. The van der Waals surface area contributed by atoms with E-state index in [4.69, 9.17) is 9.47 Å². The lowest BCUT2D eigenvalue weighted by Crippen LogP contribution is -2.52. The van der Waals surface area contributed by atoms with Crippen molar-refractivity contribution in [3.63, 3.8) is 0 Å². The molecule has 0 bridgehead atoms. The number of piperazine rings is 1. The minimum absolute atomic E-state index is 0.0168. The van der Waals surface area contributed by atoms with Gasteiger partial charge in [0.15, 0.2) is 0 Å². The first-order valence-electron chi connectivity index (χ1n) is 8.46. The third kappa shape index (κ3) is 3.76. The molecule has 1 aromatic carbocycles. The van der Waals surface area contributed by atoms with Crippen LogP contribution in [0.25, 0.3) is 0 Å². The van der Waals surface area contributed by atoms with Gasteiger partial charge in [0.1, 0.15) is 6.10 Å². The Kier molecular flexibility index (Phi) is 5.48. The fraction of sp³-hybridized carbons (Fsp3) is 0.556. The van der Waals surface area contributed by atoms with Crippen molar-refractivity contribution < 1.29 is 19.1 Å². The minimum Gasteiger partial charge on any atom is -0.380 e. The van der Waals surface area contributed by atoms with Crippen LogP contribution in [0.1, 0.15) is 28.8 Å². The predicted molar refractivity (Wildman–Crippen MR) is 88.6 cm³/mol. The van der Waals surface area contributed by atoms with Crippen molar-refractivity contribution in [2.75, 3.05) is 39.9 Å². The van der Waals surface area contributed by atoms with Crippen molar-refractivity contribution in [2.24, 2.45) is 0 Å². The van der Waals surface area contributed by atoms with E-state index < -0.39 is 0 Å². The first kappa shape index (κ1) is 16.9. The molecular formula is C18H24N2O4.